The molecule has 0 saturated heterocycles. The number of carbonyl (C=O) groups excluding carboxylic acids is 1. The van der Waals surface area contributed by atoms with E-state index in [2.05, 4.69) is 17.4 Å². The van der Waals surface area contributed by atoms with Crippen molar-refractivity contribution in [3.63, 3.8) is 0 Å². The average molecular weight is 505 g/mol. The molecule has 0 fully saturated rings. The Kier molecular flexibility index (Phi) is 11.6. The number of ether oxygens (including phenoxy) is 2. The quantitative estimate of drug-likeness (QED) is 0.253. The van der Waals surface area contributed by atoms with Gasteiger partial charge in [0.25, 0.3) is 0 Å². The molecule has 4 N–H and O–H groups in total. The van der Waals surface area contributed by atoms with E-state index in [-0.39, 0.29) is 25.0 Å². The minimum absolute atomic E-state index is 0.0472. The first-order chi connectivity index (χ1) is 18.0. The Morgan fingerprint density at radius 1 is 0.865 bits per heavy atom. The lowest BCUT2D eigenvalue weighted by Gasteiger charge is -2.21. The molecule has 0 aromatic heterocycles. The number of benzene rings is 3. The second-order valence-electron chi connectivity index (χ2n) is 9.03. The summed E-state index contributed by atoms with van der Waals surface area (Å²) in [6, 6.07) is 26.5. The maximum Gasteiger partial charge on any atom is 0.303 e. The van der Waals surface area contributed by atoms with Gasteiger partial charge in [-0.25, -0.2) is 0 Å². The van der Waals surface area contributed by atoms with E-state index >= 15 is 0 Å². The SMILES string of the molecule is NC(COCCCc1ccccc1)C(=O)NC(CCC(=O)O)Cc1ccc(OCc2ccccc2)cc1. The molecule has 0 aliphatic carbocycles. The monoisotopic (exact) mass is 504 g/mol. The summed E-state index contributed by atoms with van der Waals surface area (Å²) in [6.45, 7) is 1.10. The average Bonchev–Trinajstić information content (AvgIpc) is 2.92. The van der Waals surface area contributed by atoms with Gasteiger partial charge in [0.1, 0.15) is 18.4 Å². The molecule has 3 aromatic rings. The van der Waals surface area contributed by atoms with Crippen LogP contribution in [0.2, 0.25) is 0 Å². The van der Waals surface area contributed by atoms with Gasteiger partial charge in [0, 0.05) is 19.1 Å². The molecule has 196 valence electrons. The number of hydrogen-bond acceptors (Lipinski definition) is 5. The van der Waals surface area contributed by atoms with Gasteiger partial charge >= 0.3 is 5.97 Å². The summed E-state index contributed by atoms with van der Waals surface area (Å²) in [6.07, 6.45) is 2.48. The Labute approximate surface area is 218 Å². The van der Waals surface area contributed by atoms with E-state index in [9.17, 15) is 9.59 Å². The largest absolute Gasteiger partial charge is 0.489 e. The topological polar surface area (TPSA) is 111 Å². The van der Waals surface area contributed by atoms with Crippen molar-refractivity contribution in [1.82, 2.24) is 5.32 Å². The first-order valence-electron chi connectivity index (χ1n) is 12.6. The van der Waals surface area contributed by atoms with Gasteiger partial charge < -0.3 is 25.6 Å². The number of nitrogens with two attached hydrogens (primary N) is 1. The highest BCUT2D eigenvalue weighted by atomic mass is 16.5. The van der Waals surface area contributed by atoms with Crippen molar-refractivity contribution < 1.29 is 24.2 Å². The zero-order valence-electron chi connectivity index (χ0n) is 21.1. The van der Waals surface area contributed by atoms with Gasteiger partial charge in [-0.05, 0) is 54.5 Å². The lowest BCUT2D eigenvalue weighted by molar-refractivity contribution is -0.137. The highest BCUT2D eigenvalue weighted by Gasteiger charge is 2.20. The van der Waals surface area contributed by atoms with Crippen LogP contribution in [-0.2, 0) is 33.8 Å². The van der Waals surface area contributed by atoms with Crippen molar-refractivity contribution in [1.29, 1.82) is 0 Å². The highest BCUT2D eigenvalue weighted by molar-refractivity contribution is 5.82. The van der Waals surface area contributed by atoms with Crippen LogP contribution in [0.3, 0.4) is 0 Å². The Morgan fingerprint density at radius 3 is 2.16 bits per heavy atom. The third kappa shape index (κ3) is 10.9. The van der Waals surface area contributed by atoms with Crippen molar-refractivity contribution in [2.45, 2.75) is 50.8 Å². The smallest absolute Gasteiger partial charge is 0.303 e. The van der Waals surface area contributed by atoms with E-state index in [1.54, 1.807) is 0 Å². The number of carboxylic acid groups (broad SMARTS) is 1. The highest BCUT2D eigenvalue weighted by Crippen LogP contribution is 2.16. The minimum atomic E-state index is -0.907. The first-order valence-corrected chi connectivity index (χ1v) is 12.6. The zero-order chi connectivity index (χ0) is 26.3. The molecule has 2 unspecified atom stereocenters. The molecule has 0 heterocycles. The molecule has 37 heavy (non-hydrogen) atoms. The van der Waals surface area contributed by atoms with Gasteiger partial charge in [0.2, 0.25) is 5.91 Å². The van der Waals surface area contributed by atoms with Crippen LogP contribution in [0.4, 0.5) is 0 Å². The molecule has 0 radical (unpaired) electrons. The molecule has 0 spiro atoms. The fraction of sp³-hybridized carbons (Fsp3) is 0.333. The summed E-state index contributed by atoms with van der Waals surface area (Å²) in [4.78, 5) is 23.8. The number of rotatable bonds is 16. The second-order valence-corrected chi connectivity index (χ2v) is 9.03. The summed E-state index contributed by atoms with van der Waals surface area (Å²) in [7, 11) is 0. The zero-order valence-corrected chi connectivity index (χ0v) is 21.1. The van der Waals surface area contributed by atoms with Crippen LogP contribution in [0.15, 0.2) is 84.9 Å². The van der Waals surface area contributed by atoms with Crippen molar-refractivity contribution in [2.75, 3.05) is 13.2 Å². The standard InChI is InChI=1S/C30H36N2O5/c31-28(22-36-19-7-12-23-8-3-1-4-9-23)30(35)32-26(15-18-29(33)34)20-24-13-16-27(17-14-24)37-21-25-10-5-2-6-11-25/h1-6,8-11,13-14,16-17,26,28H,7,12,15,18-22,31H2,(H,32,35)(H,33,34). The molecule has 0 aliphatic heterocycles. The Morgan fingerprint density at radius 2 is 1.51 bits per heavy atom. The van der Waals surface area contributed by atoms with Crippen LogP contribution in [0.25, 0.3) is 0 Å². The third-order valence-electron chi connectivity index (χ3n) is 5.94. The summed E-state index contributed by atoms with van der Waals surface area (Å²) < 4.78 is 11.4. The van der Waals surface area contributed by atoms with Gasteiger partial charge in [-0.2, -0.15) is 0 Å². The lowest BCUT2D eigenvalue weighted by atomic mass is 10.0. The molecule has 0 aliphatic rings. The first kappa shape index (κ1) is 27.9. The summed E-state index contributed by atoms with van der Waals surface area (Å²) in [5, 5.41) is 12.0. The molecule has 3 aromatic carbocycles. The molecule has 3 rings (SSSR count). The van der Waals surface area contributed by atoms with Gasteiger partial charge in [0.15, 0.2) is 0 Å². The fourth-order valence-electron chi connectivity index (χ4n) is 3.89. The van der Waals surface area contributed by atoms with Crippen LogP contribution in [0.1, 0.15) is 36.0 Å². The molecule has 0 saturated carbocycles. The Balaban J connectivity index is 1.44. The van der Waals surface area contributed by atoms with E-state index in [0.717, 1.165) is 29.7 Å². The van der Waals surface area contributed by atoms with Gasteiger partial charge in [-0.15, -0.1) is 0 Å². The number of aliphatic carboxylic acids is 1. The summed E-state index contributed by atoms with van der Waals surface area (Å²) in [5.74, 6) is -0.513. The summed E-state index contributed by atoms with van der Waals surface area (Å²) >= 11 is 0. The summed E-state index contributed by atoms with van der Waals surface area (Å²) in [5.41, 5.74) is 9.33. The van der Waals surface area contributed by atoms with Crippen molar-refractivity contribution in [3.8, 4) is 5.75 Å². The Bertz CT molecular complexity index is 1070. The van der Waals surface area contributed by atoms with E-state index in [1.165, 1.54) is 5.56 Å². The number of amides is 1. The van der Waals surface area contributed by atoms with E-state index in [4.69, 9.17) is 20.3 Å². The Hall–Kier alpha value is -3.68. The number of carbonyl (C=O) groups is 2. The number of hydrogen-bond donors (Lipinski definition) is 3. The molecule has 1 amide bonds. The van der Waals surface area contributed by atoms with Gasteiger partial charge in [-0.3, -0.25) is 9.59 Å². The van der Waals surface area contributed by atoms with Crippen LogP contribution in [-0.4, -0.2) is 42.3 Å². The number of carboxylic acids is 1. The molecule has 2 atom stereocenters. The second kappa shape index (κ2) is 15.4. The van der Waals surface area contributed by atoms with E-state index in [1.807, 2.05) is 72.8 Å². The molecule has 7 nitrogen and oxygen atoms in total. The van der Waals surface area contributed by atoms with Crippen LogP contribution < -0.4 is 15.8 Å². The predicted molar refractivity (Wildman–Crippen MR) is 143 cm³/mol. The molecule has 0 bridgehead atoms. The molecular formula is C30H36N2O5. The van der Waals surface area contributed by atoms with Crippen LogP contribution in [0, 0.1) is 0 Å². The maximum atomic E-state index is 12.7. The molecular weight excluding hydrogens is 468 g/mol. The van der Waals surface area contributed by atoms with Crippen LogP contribution >= 0.6 is 0 Å². The van der Waals surface area contributed by atoms with Gasteiger partial charge in [0.05, 0.1) is 6.61 Å². The predicted octanol–water partition coefficient (Wildman–Crippen LogP) is 4.13. The van der Waals surface area contributed by atoms with Crippen LogP contribution in [0.5, 0.6) is 5.75 Å². The minimum Gasteiger partial charge on any atom is -0.489 e. The molecule has 7 heteroatoms. The lowest BCUT2D eigenvalue weighted by Crippen LogP contribution is -2.48. The van der Waals surface area contributed by atoms with Crippen molar-refractivity contribution in [3.05, 3.63) is 102 Å². The van der Waals surface area contributed by atoms with Gasteiger partial charge in [-0.1, -0.05) is 72.8 Å². The van der Waals surface area contributed by atoms with E-state index in [0.29, 0.717) is 26.1 Å². The number of nitrogens with one attached hydrogen (secondary N) is 1. The maximum absolute atomic E-state index is 12.7. The number of aryl methyl sites for hydroxylation is 1. The third-order valence-corrected chi connectivity index (χ3v) is 5.94. The van der Waals surface area contributed by atoms with Crippen molar-refractivity contribution in [2.24, 2.45) is 5.73 Å². The van der Waals surface area contributed by atoms with E-state index < -0.39 is 12.0 Å². The van der Waals surface area contributed by atoms with Crippen molar-refractivity contribution >= 4 is 11.9 Å². The fourth-order valence-corrected chi connectivity index (χ4v) is 3.89. The normalized spacial score (nSPS) is 12.5.